The van der Waals surface area contributed by atoms with E-state index in [0.717, 1.165) is 38.5 Å². The molecule has 0 unspecified atom stereocenters. The van der Waals surface area contributed by atoms with E-state index >= 15 is 0 Å². The van der Waals surface area contributed by atoms with E-state index in [1.807, 2.05) is 0 Å². The van der Waals surface area contributed by atoms with Crippen molar-refractivity contribution in [3.05, 3.63) is 23.8 Å². The molecule has 0 aliphatic carbocycles. The molecule has 0 spiro atoms. The van der Waals surface area contributed by atoms with E-state index in [1.165, 1.54) is 110 Å². The number of anilines is 2. The molecule has 1 rings (SSSR count). The number of ether oxygens (including phenoxy) is 1. The van der Waals surface area contributed by atoms with Crippen molar-refractivity contribution < 1.29 is 19.1 Å². The Labute approximate surface area is 257 Å². The lowest BCUT2D eigenvalue weighted by Gasteiger charge is -2.14. The number of rotatable bonds is 27. The number of amides is 2. The van der Waals surface area contributed by atoms with E-state index in [4.69, 9.17) is 4.74 Å². The van der Waals surface area contributed by atoms with Gasteiger partial charge in [0, 0.05) is 12.8 Å². The van der Waals surface area contributed by atoms with Gasteiger partial charge >= 0.3 is 5.97 Å². The quantitative estimate of drug-likeness (QED) is 0.0793. The summed E-state index contributed by atoms with van der Waals surface area (Å²) >= 11 is 0. The first-order valence-corrected chi connectivity index (χ1v) is 17.3. The van der Waals surface area contributed by atoms with Crippen LogP contribution in [0.4, 0.5) is 11.4 Å². The second-order valence-electron chi connectivity index (χ2n) is 11.9. The summed E-state index contributed by atoms with van der Waals surface area (Å²) in [5, 5.41) is 5.86. The standard InChI is InChI=1S/C36H62N2O4/c1-4-6-8-10-12-14-16-18-20-22-24-26-34(39)37-32-29-28-31(36(41)42-3)30-33(32)38-35(40)27-25-23-21-19-17-15-13-11-9-7-5-2/h28-30H,4-27H2,1-3H3,(H,37,39)(H,38,40). The minimum Gasteiger partial charge on any atom is -0.465 e. The highest BCUT2D eigenvalue weighted by molar-refractivity contribution is 6.01. The number of esters is 1. The van der Waals surface area contributed by atoms with Crippen molar-refractivity contribution in [3.63, 3.8) is 0 Å². The van der Waals surface area contributed by atoms with Crippen LogP contribution in [0, 0.1) is 0 Å². The SMILES string of the molecule is CCCCCCCCCCCCCC(=O)Nc1ccc(C(=O)OC)cc1NC(=O)CCCCCCCCCCCCC. The van der Waals surface area contributed by atoms with Crippen LogP contribution in [0.3, 0.4) is 0 Å². The predicted molar refractivity (Wildman–Crippen MR) is 177 cm³/mol. The van der Waals surface area contributed by atoms with Crippen molar-refractivity contribution in [1.29, 1.82) is 0 Å². The summed E-state index contributed by atoms with van der Waals surface area (Å²) in [6.45, 7) is 4.50. The van der Waals surface area contributed by atoms with E-state index in [-0.39, 0.29) is 11.8 Å². The molecule has 0 heterocycles. The topological polar surface area (TPSA) is 84.5 Å². The van der Waals surface area contributed by atoms with Gasteiger partial charge < -0.3 is 15.4 Å². The molecule has 0 bridgehead atoms. The Bertz CT molecular complexity index is 855. The highest BCUT2D eigenvalue weighted by Crippen LogP contribution is 2.25. The smallest absolute Gasteiger partial charge is 0.337 e. The van der Waals surface area contributed by atoms with E-state index < -0.39 is 5.97 Å². The molecule has 6 nitrogen and oxygen atoms in total. The van der Waals surface area contributed by atoms with Crippen molar-refractivity contribution in [2.75, 3.05) is 17.7 Å². The average Bonchev–Trinajstić information content (AvgIpc) is 2.99. The first-order valence-electron chi connectivity index (χ1n) is 17.3. The van der Waals surface area contributed by atoms with Crippen LogP contribution in [0.5, 0.6) is 0 Å². The summed E-state index contributed by atoms with van der Waals surface area (Å²) < 4.78 is 4.84. The molecule has 0 radical (unpaired) electrons. The number of unbranched alkanes of at least 4 members (excludes halogenated alkanes) is 20. The second kappa shape index (κ2) is 26.3. The number of hydrogen-bond acceptors (Lipinski definition) is 4. The van der Waals surface area contributed by atoms with Gasteiger partial charge in [-0.15, -0.1) is 0 Å². The molecule has 1 aromatic rings. The van der Waals surface area contributed by atoms with Gasteiger partial charge in [-0.1, -0.05) is 142 Å². The first kappa shape index (κ1) is 37.7. The maximum atomic E-state index is 12.7. The summed E-state index contributed by atoms with van der Waals surface area (Å²) in [5.41, 5.74) is 1.30. The lowest BCUT2D eigenvalue weighted by molar-refractivity contribution is -0.117. The van der Waals surface area contributed by atoms with Gasteiger partial charge in [0.05, 0.1) is 24.0 Å². The monoisotopic (exact) mass is 586 g/mol. The van der Waals surface area contributed by atoms with E-state index in [2.05, 4.69) is 24.5 Å². The fourth-order valence-corrected chi connectivity index (χ4v) is 5.33. The third-order valence-electron chi connectivity index (χ3n) is 8.00. The van der Waals surface area contributed by atoms with Gasteiger partial charge in [0.2, 0.25) is 11.8 Å². The van der Waals surface area contributed by atoms with Gasteiger partial charge in [-0.2, -0.15) is 0 Å². The number of benzene rings is 1. The highest BCUT2D eigenvalue weighted by Gasteiger charge is 2.14. The maximum Gasteiger partial charge on any atom is 0.337 e. The van der Waals surface area contributed by atoms with Crippen LogP contribution in [0.1, 0.15) is 178 Å². The molecule has 0 aliphatic rings. The van der Waals surface area contributed by atoms with Crippen molar-refractivity contribution in [2.24, 2.45) is 0 Å². The van der Waals surface area contributed by atoms with Crippen LogP contribution in [0.15, 0.2) is 18.2 Å². The number of hydrogen-bond donors (Lipinski definition) is 2. The van der Waals surface area contributed by atoms with E-state index in [1.54, 1.807) is 18.2 Å². The normalized spacial score (nSPS) is 10.9. The maximum absolute atomic E-state index is 12.7. The minimum atomic E-state index is -0.477. The van der Waals surface area contributed by atoms with Gasteiger partial charge in [0.25, 0.3) is 0 Å². The summed E-state index contributed by atoms with van der Waals surface area (Å²) in [7, 11) is 1.33. The van der Waals surface area contributed by atoms with E-state index in [0.29, 0.717) is 29.8 Å². The molecule has 0 aliphatic heterocycles. The number of nitrogens with one attached hydrogen (secondary N) is 2. The number of methoxy groups -OCH3 is 1. The zero-order valence-electron chi connectivity index (χ0n) is 27.3. The third kappa shape index (κ3) is 19.7. The van der Waals surface area contributed by atoms with Crippen molar-refractivity contribution in [2.45, 2.75) is 168 Å². The predicted octanol–water partition coefficient (Wildman–Crippen LogP) is 10.8. The Morgan fingerprint density at radius 3 is 1.26 bits per heavy atom. The van der Waals surface area contributed by atoms with Crippen LogP contribution in [0.25, 0.3) is 0 Å². The molecular formula is C36H62N2O4. The van der Waals surface area contributed by atoms with Gasteiger partial charge in [-0.25, -0.2) is 4.79 Å². The molecule has 0 saturated carbocycles. The summed E-state index contributed by atoms with van der Waals surface area (Å²) in [5.74, 6) is -0.652. The van der Waals surface area contributed by atoms with Gasteiger partial charge in [-0.05, 0) is 31.0 Å². The Hall–Kier alpha value is -2.37. The third-order valence-corrected chi connectivity index (χ3v) is 8.00. The molecule has 0 aromatic heterocycles. The molecule has 2 N–H and O–H groups in total. The lowest BCUT2D eigenvalue weighted by atomic mass is 10.0. The van der Waals surface area contributed by atoms with Crippen molar-refractivity contribution in [1.82, 2.24) is 0 Å². The lowest BCUT2D eigenvalue weighted by Crippen LogP contribution is -2.17. The van der Waals surface area contributed by atoms with Crippen LogP contribution in [0.2, 0.25) is 0 Å². The first-order chi connectivity index (χ1) is 20.5. The number of carbonyl (C=O) groups is 3. The second-order valence-corrected chi connectivity index (χ2v) is 11.9. The molecular weight excluding hydrogens is 524 g/mol. The molecule has 6 heteroatoms. The van der Waals surface area contributed by atoms with E-state index in [9.17, 15) is 14.4 Å². The summed E-state index contributed by atoms with van der Waals surface area (Å²) in [4.78, 5) is 37.4. The molecule has 42 heavy (non-hydrogen) atoms. The number of carbonyl (C=O) groups excluding carboxylic acids is 3. The van der Waals surface area contributed by atoms with Crippen LogP contribution in [-0.2, 0) is 14.3 Å². The van der Waals surface area contributed by atoms with Crippen LogP contribution >= 0.6 is 0 Å². The zero-order chi connectivity index (χ0) is 30.7. The Kier molecular flexibility index (Phi) is 23.6. The molecule has 0 saturated heterocycles. The molecule has 2 amide bonds. The molecule has 0 fully saturated rings. The van der Waals surface area contributed by atoms with Crippen molar-refractivity contribution in [3.8, 4) is 0 Å². The Morgan fingerprint density at radius 1 is 0.524 bits per heavy atom. The zero-order valence-corrected chi connectivity index (χ0v) is 27.3. The average molecular weight is 587 g/mol. The largest absolute Gasteiger partial charge is 0.465 e. The molecule has 0 atom stereocenters. The highest BCUT2D eigenvalue weighted by atomic mass is 16.5. The Balaban J connectivity index is 2.37. The Morgan fingerprint density at radius 2 is 0.881 bits per heavy atom. The van der Waals surface area contributed by atoms with Crippen LogP contribution in [-0.4, -0.2) is 24.9 Å². The van der Waals surface area contributed by atoms with Gasteiger partial charge in [0.15, 0.2) is 0 Å². The molecule has 240 valence electrons. The molecule has 1 aromatic carbocycles. The summed E-state index contributed by atoms with van der Waals surface area (Å²) in [6.07, 6.45) is 28.0. The summed E-state index contributed by atoms with van der Waals surface area (Å²) in [6, 6.07) is 4.87. The van der Waals surface area contributed by atoms with Gasteiger partial charge in [-0.3, -0.25) is 9.59 Å². The van der Waals surface area contributed by atoms with Gasteiger partial charge in [0.1, 0.15) is 0 Å². The fourth-order valence-electron chi connectivity index (χ4n) is 5.33. The van der Waals surface area contributed by atoms with Crippen molar-refractivity contribution >= 4 is 29.2 Å². The fraction of sp³-hybridized carbons (Fsp3) is 0.750. The minimum absolute atomic E-state index is 0.0717. The van der Waals surface area contributed by atoms with Crippen LogP contribution < -0.4 is 10.6 Å².